The number of ether oxygens (including phenoxy) is 1. The summed E-state index contributed by atoms with van der Waals surface area (Å²) in [6.07, 6.45) is 7.37. The number of carbonyl (C=O) groups excluding carboxylic acids is 1. The number of piperidine rings is 3. The Labute approximate surface area is 106 Å². The summed E-state index contributed by atoms with van der Waals surface area (Å²) in [6, 6.07) is 1.90. The molecule has 3 aliphatic heterocycles. The molecule has 0 unspecified atom stereocenters. The minimum atomic E-state index is 0.236. The van der Waals surface area contributed by atoms with Crippen molar-refractivity contribution in [3.8, 4) is 5.75 Å². The Hall–Kier alpha value is -1.84. The second kappa shape index (κ2) is 4.44. The number of nitrogens with zero attached hydrogens (tertiary/aromatic N) is 2. The number of hydrogen-bond acceptors (Lipinski definition) is 4. The number of allylic oxidation sites excluding steroid dienone is 1. The molecule has 0 spiro atoms. The topological polar surface area (TPSA) is 42.4 Å². The first-order valence-corrected chi connectivity index (χ1v) is 6.28. The molecule has 4 heterocycles. The molecule has 0 atom stereocenters. The van der Waals surface area contributed by atoms with Crippen molar-refractivity contribution in [1.82, 2.24) is 9.88 Å². The molecule has 18 heavy (non-hydrogen) atoms. The van der Waals surface area contributed by atoms with E-state index in [1.165, 1.54) is 0 Å². The summed E-state index contributed by atoms with van der Waals surface area (Å²) >= 11 is 0. The van der Waals surface area contributed by atoms with E-state index in [0.717, 1.165) is 37.2 Å². The van der Waals surface area contributed by atoms with Crippen molar-refractivity contribution < 1.29 is 9.53 Å². The third-order valence-corrected chi connectivity index (χ3v) is 3.73. The van der Waals surface area contributed by atoms with Crippen molar-refractivity contribution in [2.24, 2.45) is 5.92 Å². The van der Waals surface area contributed by atoms with Gasteiger partial charge in [-0.1, -0.05) is 0 Å². The maximum absolute atomic E-state index is 12.2. The number of rotatable bonds is 2. The molecule has 2 bridgehead atoms. The van der Waals surface area contributed by atoms with Gasteiger partial charge in [-0.25, -0.2) is 0 Å². The van der Waals surface area contributed by atoms with Crippen molar-refractivity contribution in [2.45, 2.75) is 12.8 Å². The highest BCUT2D eigenvalue weighted by molar-refractivity contribution is 6.01. The van der Waals surface area contributed by atoms with Crippen LogP contribution in [0, 0.1) is 5.92 Å². The predicted molar refractivity (Wildman–Crippen MR) is 68.1 cm³/mol. The molecule has 3 aliphatic rings. The van der Waals surface area contributed by atoms with Crippen LogP contribution in [-0.4, -0.2) is 35.9 Å². The molecule has 0 aromatic carbocycles. The van der Waals surface area contributed by atoms with E-state index < -0.39 is 0 Å². The summed E-state index contributed by atoms with van der Waals surface area (Å²) in [5.41, 5.74) is 1.76. The van der Waals surface area contributed by atoms with Crippen LogP contribution < -0.4 is 4.74 Å². The van der Waals surface area contributed by atoms with Gasteiger partial charge in [-0.3, -0.25) is 9.78 Å². The molecule has 0 aliphatic carbocycles. The predicted octanol–water partition coefficient (Wildman–Crippen LogP) is 1.73. The summed E-state index contributed by atoms with van der Waals surface area (Å²) in [5, 5.41) is 0. The van der Waals surface area contributed by atoms with Gasteiger partial charge in [0.2, 0.25) is 0 Å². The fraction of sp³-hybridized carbons (Fsp3) is 0.429. The zero-order chi connectivity index (χ0) is 12.5. The minimum absolute atomic E-state index is 0.236. The third kappa shape index (κ3) is 1.88. The average molecular weight is 244 g/mol. The SMILES string of the molecule is COc1cncc(/C=C2\C(=O)C3CCN2CC3)c1. The number of methoxy groups -OCH3 is 1. The van der Waals surface area contributed by atoms with Gasteiger partial charge in [0.15, 0.2) is 5.78 Å². The molecule has 0 saturated carbocycles. The van der Waals surface area contributed by atoms with Crippen LogP contribution in [0.5, 0.6) is 5.75 Å². The third-order valence-electron chi connectivity index (χ3n) is 3.73. The Kier molecular flexibility index (Phi) is 2.78. The Bertz CT molecular complexity index is 502. The lowest BCUT2D eigenvalue weighted by Crippen LogP contribution is -2.45. The molecule has 3 saturated heterocycles. The highest BCUT2D eigenvalue weighted by atomic mass is 16.5. The van der Waals surface area contributed by atoms with Crippen LogP contribution in [-0.2, 0) is 4.79 Å². The molecular formula is C14H16N2O2. The van der Waals surface area contributed by atoms with Crippen molar-refractivity contribution in [2.75, 3.05) is 20.2 Å². The Morgan fingerprint density at radius 1 is 1.39 bits per heavy atom. The van der Waals surface area contributed by atoms with Gasteiger partial charge in [0.05, 0.1) is 19.0 Å². The van der Waals surface area contributed by atoms with Crippen LogP contribution in [0.25, 0.3) is 6.08 Å². The number of carbonyl (C=O) groups is 1. The molecule has 1 aromatic heterocycles. The number of hydrogen-bond donors (Lipinski definition) is 0. The van der Waals surface area contributed by atoms with Crippen molar-refractivity contribution in [3.63, 3.8) is 0 Å². The summed E-state index contributed by atoms with van der Waals surface area (Å²) in [4.78, 5) is 18.5. The van der Waals surface area contributed by atoms with Crippen molar-refractivity contribution >= 4 is 11.9 Å². The number of aromatic nitrogens is 1. The summed E-state index contributed by atoms with van der Waals surface area (Å²) in [7, 11) is 1.62. The highest BCUT2D eigenvalue weighted by Gasteiger charge is 2.36. The number of Topliss-reactive ketones (excluding diaryl/α,β-unsaturated/α-hetero) is 1. The standard InChI is InChI=1S/C14H16N2O2/c1-18-12-6-10(8-15-9-12)7-13-14(17)11-2-4-16(13)5-3-11/h6-9,11H,2-5H2,1H3/b13-7+. The van der Waals surface area contributed by atoms with E-state index in [4.69, 9.17) is 4.74 Å². The molecule has 1 aromatic rings. The lowest BCUT2D eigenvalue weighted by molar-refractivity contribution is -0.125. The largest absolute Gasteiger partial charge is 0.495 e. The van der Waals surface area contributed by atoms with Gasteiger partial charge in [0.25, 0.3) is 0 Å². The molecule has 3 fully saturated rings. The van der Waals surface area contributed by atoms with E-state index in [2.05, 4.69) is 9.88 Å². The second-order valence-corrected chi connectivity index (χ2v) is 4.81. The van der Waals surface area contributed by atoms with Crippen LogP contribution in [0.2, 0.25) is 0 Å². The summed E-state index contributed by atoms with van der Waals surface area (Å²) < 4.78 is 5.14. The van der Waals surface area contributed by atoms with Crippen molar-refractivity contribution in [3.05, 3.63) is 29.7 Å². The highest BCUT2D eigenvalue weighted by Crippen LogP contribution is 2.32. The van der Waals surface area contributed by atoms with E-state index >= 15 is 0 Å². The van der Waals surface area contributed by atoms with Crippen LogP contribution in [0.1, 0.15) is 18.4 Å². The van der Waals surface area contributed by atoms with E-state index in [9.17, 15) is 4.79 Å². The number of pyridine rings is 1. The van der Waals surface area contributed by atoms with Gasteiger partial charge >= 0.3 is 0 Å². The van der Waals surface area contributed by atoms with E-state index in [-0.39, 0.29) is 11.7 Å². The maximum Gasteiger partial charge on any atom is 0.182 e. The van der Waals surface area contributed by atoms with E-state index in [1.54, 1.807) is 19.5 Å². The quantitative estimate of drug-likeness (QED) is 0.743. The van der Waals surface area contributed by atoms with Crippen molar-refractivity contribution in [1.29, 1.82) is 0 Å². The van der Waals surface area contributed by atoms with Crippen LogP contribution in [0.15, 0.2) is 24.2 Å². The first-order chi connectivity index (χ1) is 8.78. The molecule has 0 N–H and O–H groups in total. The van der Waals surface area contributed by atoms with Crippen LogP contribution >= 0.6 is 0 Å². The molecule has 4 nitrogen and oxygen atoms in total. The van der Waals surface area contributed by atoms with Gasteiger partial charge in [0, 0.05) is 25.2 Å². The molecule has 0 radical (unpaired) electrons. The van der Waals surface area contributed by atoms with E-state index in [1.807, 2.05) is 12.1 Å². The first-order valence-electron chi connectivity index (χ1n) is 6.28. The Balaban J connectivity index is 1.93. The molecule has 4 rings (SSSR count). The lowest BCUT2D eigenvalue weighted by Gasteiger charge is -2.41. The van der Waals surface area contributed by atoms with Crippen LogP contribution in [0.3, 0.4) is 0 Å². The van der Waals surface area contributed by atoms with E-state index in [0.29, 0.717) is 5.75 Å². The molecule has 94 valence electrons. The van der Waals surface area contributed by atoms with Gasteiger partial charge in [-0.2, -0.15) is 0 Å². The number of fused-ring (bicyclic) bond motifs is 3. The normalized spacial score (nSPS) is 21.7. The van der Waals surface area contributed by atoms with Gasteiger partial charge in [-0.05, 0) is 30.5 Å². The zero-order valence-electron chi connectivity index (χ0n) is 10.4. The number of ketones is 1. The van der Waals surface area contributed by atoms with Gasteiger partial charge < -0.3 is 9.64 Å². The second-order valence-electron chi connectivity index (χ2n) is 4.81. The average Bonchev–Trinajstić information content (AvgIpc) is 2.43. The minimum Gasteiger partial charge on any atom is -0.495 e. The van der Waals surface area contributed by atoms with Crippen LogP contribution in [0.4, 0.5) is 0 Å². The smallest absolute Gasteiger partial charge is 0.182 e. The summed E-state index contributed by atoms with van der Waals surface area (Å²) in [5.74, 6) is 1.24. The Morgan fingerprint density at radius 2 is 2.17 bits per heavy atom. The monoisotopic (exact) mass is 244 g/mol. The molecular weight excluding hydrogens is 228 g/mol. The Morgan fingerprint density at radius 3 is 2.83 bits per heavy atom. The maximum atomic E-state index is 12.2. The summed E-state index contributed by atoms with van der Waals surface area (Å²) in [6.45, 7) is 2.00. The zero-order valence-corrected chi connectivity index (χ0v) is 10.4. The fourth-order valence-electron chi connectivity index (χ4n) is 2.69. The van der Waals surface area contributed by atoms with Gasteiger partial charge in [0.1, 0.15) is 5.75 Å². The first kappa shape index (κ1) is 11.3. The molecule has 0 amide bonds. The lowest BCUT2D eigenvalue weighted by atomic mass is 9.84. The van der Waals surface area contributed by atoms with Gasteiger partial charge in [-0.15, -0.1) is 0 Å². The fourth-order valence-corrected chi connectivity index (χ4v) is 2.69. The molecule has 4 heteroatoms.